The maximum atomic E-state index is 12.0. The number of hydrogen-bond donors (Lipinski definition) is 1. The van der Waals surface area contributed by atoms with Crippen LogP contribution in [0.15, 0.2) is 0 Å². The van der Waals surface area contributed by atoms with Crippen molar-refractivity contribution in [2.75, 3.05) is 40.3 Å². The van der Waals surface area contributed by atoms with Crippen LogP contribution in [0.4, 0.5) is 0 Å². The fourth-order valence-electron chi connectivity index (χ4n) is 2.97. The normalized spacial score (nSPS) is 27.3. The number of hydrogen-bond acceptors (Lipinski definition) is 5. The smallest absolute Gasteiger partial charge is 0.326 e. The van der Waals surface area contributed by atoms with Gasteiger partial charge < -0.3 is 15.0 Å². The lowest BCUT2D eigenvalue weighted by atomic mass is 9.95. The zero-order chi connectivity index (χ0) is 16.0. The first-order valence-corrected chi connectivity index (χ1v) is 8.14. The highest BCUT2D eigenvalue weighted by Gasteiger charge is 2.33. The largest absolute Gasteiger partial charge is 0.465 e. The first kappa shape index (κ1) is 18.4. The highest BCUT2D eigenvalue weighted by Crippen LogP contribution is 2.17. The second-order valence-electron chi connectivity index (χ2n) is 6.53. The Labute approximate surface area is 130 Å². The fourth-order valence-corrected chi connectivity index (χ4v) is 2.97. The molecule has 0 saturated carbocycles. The number of ether oxygens (including phenoxy) is 1. The van der Waals surface area contributed by atoms with E-state index in [1.54, 1.807) is 0 Å². The van der Waals surface area contributed by atoms with Crippen molar-refractivity contribution >= 4 is 5.97 Å². The Morgan fingerprint density at radius 1 is 1.33 bits per heavy atom. The van der Waals surface area contributed by atoms with Crippen molar-refractivity contribution in [2.45, 2.75) is 58.2 Å². The average Bonchev–Trinajstić information content (AvgIpc) is 2.44. The summed E-state index contributed by atoms with van der Waals surface area (Å²) in [7, 11) is 4.03. The molecule has 3 unspecified atom stereocenters. The van der Waals surface area contributed by atoms with E-state index < -0.39 is 5.54 Å². The van der Waals surface area contributed by atoms with E-state index in [4.69, 9.17) is 4.74 Å². The number of rotatable bonds is 7. The Balaban J connectivity index is 2.43. The van der Waals surface area contributed by atoms with E-state index >= 15 is 0 Å². The SMILES string of the molecule is CCOC(=O)C(C)(CCCN1CC(C)N(C)C(C)C1)NC. The molecular weight excluding hydrogens is 266 g/mol. The zero-order valence-electron chi connectivity index (χ0n) is 14.6. The van der Waals surface area contributed by atoms with Crippen molar-refractivity contribution < 1.29 is 9.53 Å². The Kier molecular flexibility index (Phi) is 7.10. The summed E-state index contributed by atoms with van der Waals surface area (Å²) in [6.45, 7) is 12.0. The maximum Gasteiger partial charge on any atom is 0.326 e. The van der Waals surface area contributed by atoms with Crippen LogP contribution in [-0.2, 0) is 9.53 Å². The van der Waals surface area contributed by atoms with Crippen LogP contribution >= 0.6 is 0 Å². The molecule has 21 heavy (non-hydrogen) atoms. The molecule has 3 atom stereocenters. The standard InChI is InChI=1S/C16H33N3O2/c1-7-21-15(20)16(4,17-5)9-8-10-19-11-13(2)18(6)14(3)12-19/h13-14,17H,7-12H2,1-6H3. The van der Waals surface area contributed by atoms with Crippen molar-refractivity contribution in [2.24, 2.45) is 0 Å². The lowest BCUT2D eigenvalue weighted by Crippen LogP contribution is -2.55. The van der Waals surface area contributed by atoms with E-state index in [0.29, 0.717) is 18.7 Å². The minimum atomic E-state index is -0.570. The highest BCUT2D eigenvalue weighted by molar-refractivity contribution is 5.80. The van der Waals surface area contributed by atoms with Gasteiger partial charge in [-0.2, -0.15) is 0 Å². The molecule has 0 amide bonds. The van der Waals surface area contributed by atoms with Crippen LogP contribution in [-0.4, -0.2) is 73.7 Å². The first-order chi connectivity index (χ1) is 9.84. The van der Waals surface area contributed by atoms with Gasteiger partial charge in [0.25, 0.3) is 0 Å². The molecule has 5 nitrogen and oxygen atoms in total. The quantitative estimate of drug-likeness (QED) is 0.719. The molecule has 1 aliphatic heterocycles. The van der Waals surface area contributed by atoms with Crippen molar-refractivity contribution in [1.82, 2.24) is 15.1 Å². The number of carbonyl (C=O) groups is 1. The molecule has 1 rings (SSSR count). The summed E-state index contributed by atoms with van der Waals surface area (Å²) in [4.78, 5) is 17.0. The highest BCUT2D eigenvalue weighted by atomic mass is 16.5. The van der Waals surface area contributed by atoms with Gasteiger partial charge in [-0.3, -0.25) is 9.69 Å². The fraction of sp³-hybridized carbons (Fsp3) is 0.938. The summed E-state index contributed by atoms with van der Waals surface area (Å²) >= 11 is 0. The van der Waals surface area contributed by atoms with Crippen LogP contribution < -0.4 is 5.32 Å². The summed E-state index contributed by atoms with van der Waals surface area (Å²) in [5, 5.41) is 3.12. The summed E-state index contributed by atoms with van der Waals surface area (Å²) in [5.41, 5.74) is -0.570. The number of nitrogens with zero attached hydrogens (tertiary/aromatic N) is 2. The van der Waals surface area contributed by atoms with Gasteiger partial charge in [0.15, 0.2) is 0 Å². The van der Waals surface area contributed by atoms with Gasteiger partial charge in [0.1, 0.15) is 5.54 Å². The molecule has 124 valence electrons. The third-order valence-corrected chi connectivity index (χ3v) is 4.86. The Morgan fingerprint density at radius 3 is 2.38 bits per heavy atom. The molecule has 5 heteroatoms. The molecule has 1 aliphatic rings. The zero-order valence-corrected chi connectivity index (χ0v) is 14.6. The van der Waals surface area contributed by atoms with E-state index in [2.05, 4.69) is 36.0 Å². The molecule has 0 bridgehead atoms. The van der Waals surface area contributed by atoms with E-state index in [1.807, 2.05) is 20.9 Å². The maximum absolute atomic E-state index is 12.0. The van der Waals surface area contributed by atoms with Crippen LogP contribution in [0.3, 0.4) is 0 Å². The second-order valence-corrected chi connectivity index (χ2v) is 6.53. The van der Waals surface area contributed by atoms with Crippen LogP contribution in [0.2, 0.25) is 0 Å². The molecule has 1 N–H and O–H groups in total. The van der Waals surface area contributed by atoms with Crippen LogP contribution in [0, 0.1) is 0 Å². The Morgan fingerprint density at radius 2 is 1.90 bits per heavy atom. The third kappa shape index (κ3) is 4.94. The molecule has 0 aromatic carbocycles. The van der Waals surface area contributed by atoms with Gasteiger partial charge in [0, 0.05) is 25.2 Å². The van der Waals surface area contributed by atoms with Gasteiger partial charge in [-0.15, -0.1) is 0 Å². The summed E-state index contributed by atoms with van der Waals surface area (Å²) in [5.74, 6) is -0.146. The minimum absolute atomic E-state index is 0.146. The molecule has 1 heterocycles. The molecule has 0 aromatic rings. The number of likely N-dealkylation sites (N-methyl/N-ethyl adjacent to an activating group) is 2. The Hall–Kier alpha value is -0.650. The second kappa shape index (κ2) is 8.11. The topological polar surface area (TPSA) is 44.8 Å². The molecule has 0 aromatic heterocycles. The van der Waals surface area contributed by atoms with Gasteiger partial charge in [-0.25, -0.2) is 0 Å². The number of carbonyl (C=O) groups excluding carboxylic acids is 1. The molecule has 1 fully saturated rings. The number of piperazine rings is 1. The van der Waals surface area contributed by atoms with Crippen molar-refractivity contribution in [3.05, 3.63) is 0 Å². The predicted octanol–water partition coefficient (Wildman–Crippen LogP) is 1.33. The number of esters is 1. The number of nitrogens with one attached hydrogen (secondary N) is 1. The van der Waals surface area contributed by atoms with Gasteiger partial charge in [0.2, 0.25) is 0 Å². The monoisotopic (exact) mass is 299 g/mol. The van der Waals surface area contributed by atoms with Crippen LogP contribution in [0.25, 0.3) is 0 Å². The van der Waals surface area contributed by atoms with E-state index in [-0.39, 0.29) is 5.97 Å². The Bertz CT molecular complexity index is 325. The van der Waals surface area contributed by atoms with Crippen molar-refractivity contribution in [1.29, 1.82) is 0 Å². The lowest BCUT2D eigenvalue weighted by Gasteiger charge is -2.42. The lowest BCUT2D eigenvalue weighted by molar-refractivity contribution is -0.150. The molecule has 0 radical (unpaired) electrons. The van der Waals surface area contributed by atoms with Crippen molar-refractivity contribution in [3.8, 4) is 0 Å². The average molecular weight is 299 g/mol. The van der Waals surface area contributed by atoms with E-state index in [0.717, 1.165) is 32.5 Å². The summed E-state index contributed by atoms with van der Waals surface area (Å²) in [6, 6.07) is 1.18. The first-order valence-electron chi connectivity index (χ1n) is 8.14. The summed E-state index contributed by atoms with van der Waals surface area (Å²) in [6.07, 6.45) is 1.80. The van der Waals surface area contributed by atoms with Crippen LogP contribution in [0.5, 0.6) is 0 Å². The van der Waals surface area contributed by atoms with Gasteiger partial charge >= 0.3 is 5.97 Å². The van der Waals surface area contributed by atoms with Gasteiger partial charge in [0.05, 0.1) is 6.61 Å². The van der Waals surface area contributed by atoms with E-state index in [9.17, 15) is 4.79 Å². The minimum Gasteiger partial charge on any atom is -0.465 e. The van der Waals surface area contributed by atoms with E-state index in [1.165, 1.54) is 0 Å². The van der Waals surface area contributed by atoms with Crippen molar-refractivity contribution in [3.63, 3.8) is 0 Å². The van der Waals surface area contributed by atoms with Gasteiger partial charge in [-0.1, -0.05) is 0 Å². The molecule has 0 aliphatic carbocycles. The third-order valence-electron chi connectivity index (χ3n) is 4.86. The predicted molar refractivity (Wildman–Crippen MR) is 86.5 cm³/mol. The molecular formula is C16H33N3O2. The summed E-state index contributed by atoms with van der Waals surface area (Å²) < 4.78 is 5.17. The molecule has 1 saturated heterocycles. The molecule has 0 spiro atoms. The van der Waals surface area contributed by atoms with Gasteiger partial charge in [-0.05, 0) is 61.2 Å². The van der Waals surface area contributed by atoms with Crippen LogP contribution in [0.1, 0.15) is 40.5 Å².